The van der Waals surface area contributed by atoms with Gasteiger partial charge >= 0.3 is 6.61 Å². The molecule has 0 spiro atoms. The van der Waals surface area contributed by atoms with E-state index in [9.17, 15) is 8.78 Å². The molecule has 0 radical (unpaired) electrons. The van der Waals surface area contributed by atoms with Crippen molar-refractivity contribution in [1.82, 2.24) is 15.5 Å². The molecule has 2 rings (SSSR count). The van der Waals surface area contributed by atoms with Gasteiger partial charge in [-0.25, -0.2) is 4.99 Å². The number of nitrogens with one attached hydrogen (secondary N) is 2. The summed E-state index contributed by atoms with van der Waals surface area (Å²) >= 11 is 0. The molecule has 31 heavy (non-hydrogen) atoms. The number of alkyl halides is 2. The highest BCUT2D eigenvalue weighted by Gasteiger charge is 2.18. The maximum absolute atomic E-state index is 12.9. The third-order valence-electron chi connectivity index (χ3n) is 5.32. The minimum atomic E-state index is -2.92. The van der Waals surface area contributed by atoms with Crippen molar-refractivity contribution in [1.29, 1.82) is 0 Å². The summed E-state index contributed by atoms with van der Waals surface area (Å²) in [5, 5.41) is 6.59. The van der Waals surface area contributed by atoms with Gasteiger partial charge in [-0.1, -0.05) is 19.1 Å². The zero-order chi connectivity index (χ0) is 21.8. The van der Waals surface area contributed by atoms with Gasteiger partial charge in [-0.05, 0) is 64.7 Å². The van der Waals surface area contributed by atoms with Crippen molar-refractivity contribution in [3.63, 3.8) is 0 Å². The number of piperidine rings is 1. The smallest absolute Gasteiger partial charge is 0.387 e. The summed E-state index contributed by atoms with van der Waals surface area (Å²) in [6, 6.07) is 5.12. The Morgan fingerprint density at radius 2 is 1.94 bits per heavy atom. The van der Waals surface area contributed by atoms with Gasteiger partial charge in [-0.2, -0.15) is 8.78 Å². The molecule has 1 aromatic carbocycles. The summed E-state index contributed by atoms with van der Waals surface area (Å²) in [5.41, 5.74) is 0.561. The van der Waals surface area contributed by atoms with Crippen LogP contribution in [-0.2, 0) is 6.54 Å². The van der Waals surface area contributed by atoms with E-state index in [1.807, 2.05) is 6.92 Å². The lowest BCUT2D eigenvalue weighted by Crippen LogP contribution is -2.39. The van der Waals surface area contributed by atoms with Crippen LogP contribution in [0.4, 0.5) is 8.78 Å². The van der Waals surface area contributed by atoms with Crippen molar-refractivity contribution in [2.75, 3.05) is 39.3 Å². The molecule has 1 heterocycles. The molecule has 0 saturated carbocycles. The van der Waals surface area contributed by atoms with Gasteiger partial charge in [0.25, 0.3) is 0 Å². The van der Waals surface area contributed by atoms with Gasteiger partial charge in [0.1, 0.15) is 0 Å². The highest BCUT2D eigenvalue weighted by Crippen LogP contribution is 2.33. The molecule has 6 nitrogen and oxygen atoms in total. The van der Waals surface area contributed by atoms with Crippen molar-refractivity contribution >= 4 is 29.9 Å². The average molecular weight is 554 g/mol. The van der Waals surface area contributed by atoms with Gasteiger partial charge in [0, 0.05) is 18.7 Å². The number of rotatable bonds is 11. The summed E-state index contributed by atoms with van der Waals surface area (Å²) in [6.07, 6.45) is 3.57. The Labute approximate surface area is 202 Å². The number of ether oxygens (including phenoxy) is 2. The van der Waals surface area contributed by atoms with E-state index in [1.54, 1.807) is 25.1 Å². The number of guanidine groups is 1. The second-order valence-electron chi connectivity index (χ2n) is 7.34. The normalized spacial score (nSPS) is 15.5. The number of benzene rings is 1. The van der Waals surface area contributed by atoms with Gasteiger partial charge < -0.3 is 25.0 Å². The topological polar surface area (TPSA) is 58.1 Å². The number of hydrogen-bond donors (Lipinski definition) is 2. The second kappa shape index (κ2) is 15.4. The Morgan fingerprint density at radius 1 is 1.19 bits per heavy atom. The average Bonchev–Trinajstić information content (AvgIpc) is 2.74. The molecular weight excluding hydrogens is 517 g/mol. The maximum Gasteiger partial charge on any atom is 0.387 e. The van der Waals surface area contributed by atoms with Crippen molar-refractivity contribution in [3.05, 3.63) is 23.8 Å². The van der Waals surface area contributed by atoms with Gasteiger partial charge in [-0.15, -0.1) is 24.0 Å². The fraction of sp³-hybridized carbons (Fsp3) is 0.682. The van der Waals surface area contributed by atoms with Crippen LogP contribution in [0.1, 0.15) is 45.6 Å². The van der Waals surface area contributed by atoms with E-state index < -0.39 is 6.61 Å². The van der Waals surface area contributed by atoms with E-state index in [-0.39, 0.29) is 36.3 Å². The molecule has 1 saturated heterocycles. The Morgan fingerprint density at radius 3 is 2.55 bits per heavy atom. The van der Waals surface area contributed by atoms with E-state index in [0.29, 0.717) is 23.9 Å². The fourth-order valence-corrected chi connectivity index (χ4v) is 3.67. The van der Waals surface area contributed by atoms with Crippen LogP contribution in [0.2, 0.25) is 0 Å². The van der Waals surface area contributed by atoms with Gasteiger partial charge in [-0.3, -0.25) is 0 Å². The lowest BCUT2D eigenvalue weighted by atomic mass is 9.93. The van der Waals surface area contributed by atoms with Crippen molar-refractivity contribution in [3.8, 4) is 11.5 Å². The lowest BCUT2D eigenvalue weighted by Gasteiger charge is -2.31. The Kier molecular flexibility index (Phi) is 13.8. The van der Waals surface area contributed by atoms with Crippen molar-refractivity contribution in [2.45, 2.75) is 53.2 Å². The SMILES string of the molecule is CCNC(=NCc1cccc(OCC)c1OC(F)F)NCCC1CCN(CC)CC1.I. The summed E-state index contributed by atoms with van der Waals surface area (Å²) in [4.78, 5) is 7.06. The first-order valence-corrected chi connectivity index (χ1v) is 11.0. The molecule has 0 unspecified atom stereocenters. The van der Waals surface area contributed by atoms with Gasteiger partial charge in [0.05, 0.1) is 13.2 Å². The van der Waals surface area contributed by atoms with Crippen LogP contribution in [0, 0.1) is 5.92 Å². The number of para-hydroxylation sites is 1. The van der Waals surface area contributed by atoms with Crippen LogP contribution in [0.15, 0.2) is 23.2 Å². The van der Waals surface area contributed by atoms with Crippen molar-refractivity contribution in [2.24, 2.45) is 10.9 Å². The fourth-order valence-electron chi connectivity index (χ4n) is 3.67. The second-order valence-corrected chi connectivity index (χ2v) is 7.34. The molecular formula is C22H37F2IN4O2. The third kappa shape index (κ3) is 9.76. The molecule has 178 valence electrons. The zero-order valence-electron chi connectivity index (χ0n) is 18.8. The third-order valence-corrected chi connectivity index (χ3v) is 5.32. The number of aliphatic imine (C=N–C) groups is 1. The van der Waals surface area contributed by atoms with Crippen LogP contribution in [-0.4, -0.2) is 56.8 Å². The Hall–Kier alpha value is -1.36. The molecule has 1 aliphatic rings. The molecule has 0 aromatic heterocycles. The van der Waals surface area contributed by atoms with E-state index in [2.05, 4.69) is 27.4 Å². The van der Waals surface area contributed by atoms with Gasteiger partial charge in [0.15, 0.2) is 17.5 Å². The minimum Gasteiger partial charge on any atom is -0.490 e. The first-order chi connectivity index (χ1) is 14.6. The highest BCUT2D eigenvalue weighted by molar-refractivity contribution is 14.0. The van der Waals surface area contributed by atoms with Crippen LogP contribution >= 0.6 is 24.0 Å². The zero-order valence-corrected chi connectivity index (χ0v) is 21.2. The molecule has 2 N–H and O–H groups in total. The molecule has 1 aliphatic heterocycles. The van der Waals surface area contributed by atoms with Crippen LogP contribution in [0.25, 0.3) is 0 Å². The molecule has 0 atom stereocenters. The number of halogens is 3. The Bertz CT molecular complexity index is 656. The molecule has 0 bridgehead atoms. The minimum absolute atomic E-state index is 0. The standard InChI is InChI=1S/C22H36F2N4O2.HI/c1-4-25-22(26-13-10-17-11-14-28(5-2)15-12-17)27-16-18-8-7-9-19(29-6-3)20(18)30-21(23)24;/h7-9,17,21H,4-6,10-16H2,1-3H3,(H2,25,26,27);1H. The van der Waals surface area contributed by atoms with Gasteiger partial charge in [0.2, 0.25) is 0 Å². The van der Waals surface area contributed by atoms with Crippen LogP contribution in [0.3, 0.4) is 0 Å². The lowest BCUT2D eigenvalue weighted by molar-refractivity contribution is -0.0520. The molecule has 0 aliphatic carbocycles. The quantitative estimate of drug-likeness (QED) is 0.240. The maximum atomic E-state index is 12.9. The first kappa shape index (κ1) is 27.7. The highest BCUT2D eigenvalue weighted by atomic mass is 127. The molecule has 1 fully saturated rings. The number of hydrogen-bond acceptors (Lipinski definition) is 4. The summed E-state index contributed by atoms with van der Waals surface area (Å²) < 4.78 is 35.9. The van der Waals surface area contributed by atoms with E-state index in [0.717, 1.165) is 32.0 Å². The van der Waals surface area contributed by atoms with E-state index >= 15 is 0 Å². The molecule has 9 heteroatoms. The molecule has 1 aromatic rings. The predicted octanol–water partition coefficient (Wildman–Crippen LogP) is 4.48. The summed E-state index contributed by atoms with van der Waals surface area (Å²) in [5.74, 6) is 1.77. The molecule has 0 amide bonds. The summed E-state index contributed by atoms with van der Waals surface area (Å²) in [7, 11) is 0. The summed E-state index contributed by atoms with van der Waals surface area (Å²) in [6.45, 7) is 8.72. The van der Waals surface area contributed by atoms with E-state index in [1.165, 1.54) is 25.9 Å². The van der Waals surface area contributed by atoms with Crippen LogP contribution in [0.5, 0.6) is 11.5 Å². The van der Waals surface area contributed by atoms with E-state index in [4.69, 9.17) is 9.47 Å². The number of nitrogens with zero attached hydrogens (tertiary/aromatic N) is 2. The largest absolute Gasteiger partial charge is 0.490 e. The Balaban J connectivity index is 0.00000480. The first-order valence-electron chi connectivity index (χ1n) is 11.0. The predicted molar refractivity (Wildman–Crippen MR) is 132 cm³/mol. The monoisotopic (exact) mass is 554 g/mol. The number of likely N-dealkylation sites (tertiary alicyclic amines) is 1. The van der Waals surface area contributed by atoms with Crippen molar-refractivity contribution < 1.29 is 18.3 Å². The van der Waals surface area contributed by atoms with Crippen LogP contribution < -0.4 is 20.1 Å².